The number of sulfonamides is 1. The molecular weight excluding hydrogens is 286 g/mol. The normalized spacial score (nSPS) is 20.0. The van der Waals surface area contributed by atoms with Crippen LogP contribution < -0.4 is 5.32 Å². The molecule has 1 aliphatic heterocycles. The van der Waals surface area contributed by atoms with Gasteiger partial charge in [-0.3, -0.25) is 4.98 Å². The average molecular weight is 311 g/mol. The van der Waals surface area contributed by atoms with Crippen molar-refractivity contribution >= 4 is 15.7 Å². The van der Waals surface area contributed by atoms with Crippen LogP contribution in [-0.4, -0.2) is 37.3 Å². The van der Waals surface area contributed by atoms with Gasteiger partial charge in [0, 0.05) is 32.0 Å². The first-order chi connectivity index (χ1) is 9.87. The van der Waals surface area contributed by atoms with E-state index in [0.717, 1.165) is 19.3 Å². The molecule has 0 radical (unpaired) electrons. The zero-order valence-corrected chi connectivity index (χ0v) is 13.9. The van der Waals surface area contributed by atoms with Crippen molar-refractivity contribution in [3.05, 3.63) is 18.5 Å². The second kappa shape index (κ2) is 6.32. The van der Waals surface area contributed by atoms with E-state index in [1.165, 1.54) is 6.20 Å². The van der Waals surface area contributed by atoms with Crippen molar-refractivity contribution in [2.45, 2.75) is 44.9 Å². The SMILES string of the molecule is CCNc1ccncc1S(=O)(=O)N1CCCC(C)(C)CC1. The van der Waals surface area contributed by atoms with E-state index in [0.29, 0.717) is 25.3 Å². The van der Waals surface area contributed by atoms with Crippen LogP contribution in [0.5, 0.6) is 0 Å². The van der Waals surface area contributed by atoms with Gasteiger partial charge >= 0.3 is 0 Å². The minimum atomic E-state index is -3.48. The molecule has 1 saturated heterocycles. The standard InChI is InChI=1S/C15H25N3O2S/c1-4-17-13-6-9-16-12-14(13)21(19,20)18-10-5-7-15(2,3)8-11-18/h6,9,12H,4-5,7-8,10-11H2,1-3H3,(H,16,17). The Kier molecular flexibility index (Phi) is 4.88. The molecule has 0 spiro atoms. The smallest absolute Gasteiger partial charge is 0.246 e. The molecule has 1 aromatic rings. The summed E-state index contributed by atoms with van der Waals surface area (Å²) in [5, 5.41) is 3.11. The summed E-state index contributed by atoms with van der Waals surface area (Å²) in [7, 11) is -3.48. The largest absolute Gasteiger partial charge is 0.384 e. The van der Waals surface area contributed by atoms with Crippen LogP contribution in [0.2, 0.25) is 0 Å². The Hall–Kier alpha value is -1.14. The highest BCUT2D eigenvalue weighted by Gasteiger charge is 2.31. The predicted octanol–water partition coefficient (Wildman–Crippen LogP) is 2.71. The number of nitrogens with zero attached hydrogens (tertiary/aromatic N) is 2. The Morgan fingerprint density at radius 3 is 2.81 bits per heavy atom. The van der Waals surface area contributed by atoms with Crippen molar-refractivity contribution in [3.8, 4) is 0 Å². The monoisotopic (exact) mass is 311 g/mol. The minimum Gasteiger partial charge on any atom is -0.384 e. The molecule has 1 aromatic heterocycles. The maximum Gasteiger partial charge on any atom is 0.246 e. The average Bonchev–Trinajstić information content (AvgIpc) is 2.61. The zero-order valence-electron chi connectivity index (χ0n) is 13.1. The van der Waals surface area contributed by atoms with Gasteiger partial charge in [0.25, 0.3) is 0 Å². The van der Waals surface area contributed by atoms with Crippen LogP contribution >= 0.6 is 0 Å². The van der Waals surface area contributed by atoms with Gasteiger partial charge in [0.05, 0.1) is 5.69 Å². The highest BCUT2D eigenvalue weighted by molar-refractivity contribution is 7.89. The first kappa shape index (κ1) is 16.2. The first-order valence-corrected chi connectivity index (χ1v) is 8.99. The van der Waals surface area contributed by atoms with Gasteiger partial charge in [-0.15, -0.1) is 0 Å². The molecule has 6 heteroatoms. The molecular formula is C15H25N3O2S. The summed E-state index contributed by atoms with van der Waals surface area (Å²) >= 11 is 0. The molecule has 1 fully saturated rings. The summed E-state index contributed by atoms with van der Waals surface area (Å²) in [4.78, 5) is 4.28. The van der Waals surface area contributed by atoms with E-state index >= 15 is 0 Å². The Labute approximate surface area is 127 Å². The van der Waals surface area contributed by atoms with Crippen LogP contribution in [0.25, 0.3) is 0 Å². The van der Waals surface area contributed by atoms with Crippen LogP contribution in [0.15, 0.2) is 23.4 Å². The summed E-state index contributed by atoms with van der Waals surface area (Å²) in [5.41, 5.74) is 0.847. The Balaban J connectivity index is 2.30. The number of pyridine rings is 1. The Morgan fingerprint density at radius 2 is 2.10 bits per heavy atom. The molecule has 2 heterocycles. The summed E-state index contributed by atoms with van der Waals surface area (Å²) < 4.78 is 27.4. The number of nitrogens with one attached hydrogen (secondary N) is 1. The van der Waals surface area contributed by atoms with E-state index in [1.54, 1.807) is 16.6 Å². The maximum absolute atomic E-state index is 12.9. The van der Waals surface area contributed by atoms with Crippen molar-refractivity contribution in [3.63, 3.8) is 0 Å². The molecule has 0 amide bonds. The van der Waals surface area contributed by atoms with Crippen LogP contribution in [-0.2, 0) is 10.0 Å². The Morgan fingerprint density at radius 1 is 1.33 bits per heavy atom. The van der Waals surface area contributed by atoms with Crippen LogP contribution in [0.4, 0.5) is 5.69 Å². The summed E-state index contributed by atoms with van der Waals surface area (Å²) in [6.07, 6.45) is 5.92. The maximum atomic E-state index is 12.9. The number of hydrogen-bond donors (Lipinski definition) is 1. The fraction of sp³-hybridized carbons (Fsp3) is 0.667. The lowest BCUT2D eigenvalue weighted by Gasteiger charge is -2.23. The fourth-order valence-electron chi connectivity index (χ4n) is 2.70. The lowest BCUT2D eigenvalue weighted by Crippen LogP contribution is -2.33. The Bertz CT molecular complexity index is 584. The molecule has 21 heavy (non-hydrogen) atoms. The third-order valence-electron chi connectivity index (χ3n) is 4.07. The predicted molar refractivity (Wildman–Crippen MR) is 84.8 cm³/mol. The molecule has 0 aromatic carbocycles. The number of anilines is 1. The van der Waals surface area contributed by atoms with E-state index in [2.05, 4.69) is 24.1 Å². The van der Waals surface area contributed by atoms with E-state index in [4.69, 9.17) is 0 Å². The molecule has 0 aliphatic carbocycles. The molecule has 1 aliphatic rings. The van der Waals surface area contributed by atoms with Gasteiger partial charge in [-0.1, -0.05) is 13.8 Å². The summed E-state index contributed by atoms with van der Waals surface area (Å²) in [5.74, 6) is 0. The molecule has 5 nitrogen and oxygen atoms in total. The van der Waals surface area contributed by atoms with Crippen molar-refractivity contribution in [1.82, 2.24) is 9.29 Å². The van der Waals surface area contributed by atoms with Crippen LogP contribution in [0.1, 0.15) is 40.0 Å². The van der Waals surface area contributed by atoms with Crippen molar-refractivity contribution in [2.75, 3.05) is 25.0 Å². The number of hydrogen-bond acceptors (Lipinski definition) is 4. The third-order valence-corrected chi connectivity index (χ3v) is 5.99. The number of rotatable bonds is 4. The van der Waals surface area contributed by atoms with Crippen LogP contribution in [0, 0.1) is 5.41 Å². The van der Waals surface area contributed by atoms with Gasteiger partial charge in [0.15, 0.2) is 0 Å². The molecule has 1 N–H and O–H groups in total. The van der Waals surface area contributed by atoms with Gasteiger partial charge in [-0.2, -0.15) is 4.31 Å². The molecule has 0 bridgehead atoms. The molecule has 0 unspecified atom stereocenters. The van der Waals surface area contributed by atoms with E-state index in [-0.39, 0.29) is 10.3 Å². The van der Waals surface area contributed by atoms with Gasteiger partial charge in [0.2, 0.25) is 10.0 Å². The topological polar surface area (TPSA) is 62.3 Å². The number of aromatic nitrogens is 1. The molecule has 118 valence electrons. The molecule has 0 saturated carbocycles. The summed E-state index contributed by atoms with van der Waals surface area (Å²) in [6.45, 7) is 8.21. The highest BCUT2D eigenvalue weighted by Crippen LogP contribution is 2.32. The fourth-order valence-corrected chi connectivity index (χ4v) is 4.29. The summed E-state index contributed by atoms with van der Waals surface area (Å²) in [6, 6.07) is 1.72. The highest BCUT2D eigenvalue weighted by atomic mass is 32.2. The lowest BCUT2D eigenvalue weighted by molar-refractivity contribution is 0.315. The first-order valence-electron chi connectivity index (χ1n) is 7.55. The van der Waals surface area contributed by atoms with Gasteiger partial charge in [0.1, 0.15) is 4.90 Å². The molecule has 0 atom stereocenters. The van der Waals surface area contributed by atoms with Gasteiger partial charge in [-0.25, -0.2) is 8.42 Å². The van der Waals surface area contributed by atoms with Crippen molar-refractivity contribution in [2.24, 2.45) is 5.41 Å². The van der Waals surface area contributed by atoms with Crippen molar-refractivity contribution in [1.29, 1.82) is 0 Å². The minimum absolute atomic E-state index is 0.212. The second-order valence-corrected chi connectivity index (χ2v) is 8.23. The van der Waals surface area contributed by atoms with Gasteiger partial charge < -0.3 is 5.32 Å². The van der Waals surface area contributed by atoms with E-state index in [9.17, 15) is 8.42 Å². The quantitative estimate of drug-likeness (QED) is 0.928. The van der Waals surface area contributed by atoms with E-state index < -0.39 is 10.0 Å². The van der Waals surface area contributed by atoms with Crippen molar-refractivity contribution < 1.29 is 8.42 Å². The second-order valence-electron chi connectivity index (χ2n) is 6.32. The van der Waals surface area contributed by atoms with Crippen LogP contribution in [0.3, 0.4) is 0 Å². The third kappa shape index (κ3) is 3.74. The lowest BCUT2D eigenvalue weighted by atomic mass is 9.85. The van der Waals surface area contributed by atoms with Gasteiger partial charge in [-0.05, 0) is 37.7 Å². The zero-order chi connectivity index (χ0) is 15.5. The molecule has 2 rings (SSSR count). The van der Waals surface area contributed by atoms with E-state index in [1.807, 2.05) is 6.92 Å².